The largest absolute Gasteiger partial charge is 0.356 e. The summed E-state index contributed by atoms with van der Waals surface area (Å²) in [6.45, 7) is 1.03. The average Bonchev–Trinajstić information content (AvgIpc) is 2.65. The molecule has 0 radical (unpaired) electrons. The highest BCUT2D eigenvalue weighted by Crippen LogP contribution is 2.18. The number of rotatable bonds is 7. The monoisotopic (exact) mass is 375 g/mol. The highest BCUT2D eigenvalue weighted by Gasteiger charge is 2.20. The molecule has 7 nitrogen and oxygen atoms in total. The fraction of sp³-hybridized carbons (Fsp3) is 0.333. The molecule has 1 aromatic heterocycles. The molecule has 26 heavy (non-hydrogen) atoms. The maximum Gasteiger partial charge on any atom is 0.242 e. The van der Waals surface area contributed by atoms with Gasteiger partial charge in [0.25, 0.3) is 0 Å². The minimum absolute atomic E-state index is 0.293. The van der Waals surface area contributed by atoms with Crippen molar-refractivity contribution in [2.75, 3.05) is 27.7 Å². The molecule has 0 aliphatic rings. The number of hydrogen-bond acceptors (Lipinski definition) is 4. The van der Waals surface area contributed by atoms with Crippen LogP contribution in [0.4, 0.5) is 0 Å². The molecule has 1 aromatic carbocycles. The van der Waals surface area contributed by atoms with Crippen molar-refractivity contribution < 1.29 is 8.42 Å². The van der Waals surface area contributed by atoms with E-state index in [1.165, 1.54) is 18.4 Å². The molecule has 0 spiro atoms. The molecule has 1 heterocycles. The lowest BCUT2D eigenvalue weighted by Gasteiger charge is -2.17. The van der Waals surface area contributed by atoms with E-state index in [0.29, 0.717) is 29.5 Å². The van der Waals surface area contributed by atoms with Gasteiger partial charge in [-0.2, -0.15) is 0 Å². The van der Waals surface area contributed by atoms with Crippen LogP contribution in [0, 0.1) is 0 Å². The summed E-state index contributed by atoms with van der Waals surface area (Å²) < 4.78 is 26.1. The van der Waals surface area contributed by atoms with Gasteiger partial charge in [0.2, 0.25) is 10.0 Å². The molecule has 0 fully saturated rings. The van der Waals surface area contributed by atoms with Crippen LogP contribution in [-0.2, 0) is 23.0 Å². The topological polar surface area (TPSA) is 86.7 Å². The van der Waals surface area contributed by atoms with Crippen LogP contribution in [0.25, 0.3) is 0 Å². The lowest BCUT2D eigenvalue weighted by atomic mass is 10.2. The lowest BCUT2D eigenvalue weighted by molar-refractivity contribution is 0.519. The number of guanidine groups is 1. The summed E-state index contributed by atoms with van der Waals surface area (Å²) >= 11 is 0. The lowest BCUT2D eigenvalue weighted by Crippen LogP contribution is -2.38. The molecule has 0 bridgehead atoms. The van der Waals surface area contributed by atoms with Crippen molar-refractivity contribution in [1.82, 2.24) is 19.9 Å². The summed E-state index contributed by atoms with van der Waals surface area (Å²) in [6.07, 6.45) is 2.54. The fourth-order valence-corrected chi connectivity index (χ4v) is 3.47. The number of aliphatic imine (C=N–C) groups is 1. The van der Waals surface area contributed by atoms with E-state index in [9.17, 15) is 8.42 Å². The van der Waals surface area contributed by atoms with E-state index in [-0.39, 0.29) is 0 Å². The molecule has 0 aliphatic heterocycles. The molecular formula is C18H25N5O2S. The van der Waals surface area contributed by atoms with Crippen LogP contribution in [0.15, 0.2) is 58.5 Å². The Morgan fingerprint density at radius 1 is 1.12 bits per heavy atom. The van der Waals surface area contributed by atoms with Crippen LogP contribution in [0.3, 0.4) is 0 Å². The molecule has 2 rings (SSSR count). The van der Waals surface area contributed by atoms with Crippen LogP contribution >= 0.6 is 0 Å². The molecule has 0 saturated heterocycles. The first-order chi connectivity index (χ1) is 12.4. The Bertz CT molecular complexity index is 836. The number of pyridine rings is 1. The number of nitrogens with zero attached hydrogens (tertiary/aromatic N) is 3. The van der Waals surface area contributed by atoms with Gasteiger partial charge in [0.1, 0.15) is 0 Å². The number of benzene rings is 1. The van der Waals surface area contributed by atoms with Gasteiger partial charge in [-0.05, 0) is 23.8 Å². The maximum atomic E-state index is 12.4. The minimum atomic E-state index is -3.49. The van der Waals surface area contributed by atoms with Gasteiger partial charge in [0.15, 0.2) is 5.96 Å². The average molecular weight is 375 g/mol. The van der Waals surface area contributed by atoms with Gasteiger partial charge < -0.3 is 10.6 Å². The van der Waals surface area contributed by atoms with Gasteiger partial charge >= 0.3 is 0 Å². The first-order valence-corrected chi connectivity index (χ1v) is 9.74. The van der Waals surface area contributed by atoms with Crippen molar-refractivity contribution >= 4 is 16.0 Å². The van der Waals surface area contributed by atoms with E-state index in [2.05, 4.69) is 20.6 Å². The second-order valence-electron chi connectivity index (χ2n) is 5.82. The maximum absolute atomic E-state index is 12.4. The van der Waals surface area contributed by atoms with Crippen molar-refractivity contribution in [2.24, 2.45) is 4.99 Å². The second-order valence-corrected chi connectivity index (χ2v) is 7.94. The molecule has 8 heteroatoms. The molecule has 0 saturated carbocycles. The molecule has 2 N–H and O–H groups in total. The number of aromatic nitrogens is 1. The zero-order chi connectivity index (χ0) is 19.0. The molecule has 0 atom stereocenters. The molecule has 0 unspecified atom stereocenters. The van der Waals surface area contributed by atoms with Gasteiger partial charge in [0, 0.05) is 52.5 Å². The van der Waals surface area contributed by atoms with Gasteiger partial charge in [-0.1, -0.05) is 24.3 Å². The van der Waals surface area contributed by atoms with Crippen LogP contribution in [0.5, 0.6) is 0 Å². The van der Waals surface area contributed by atoms with Crippen LogP contribution in [-0.4, -0.2) is 51.4 Å². The van der Waals surface area contributed by atoms with E-state index >= 15 is 0 Å². The van der Waals surface area contributed by atoms with E-state index in [0.717, 1.165) is 12.1 Å². The standard InChI is InChI=1S/C18H25N5O2S/c1-19-18(21-13-11-16-9-6-7-12-20-16)22-14-15-8-4-5-10-17(15)26(24,25)23(2)3/h4-10,12H,11,13-14H2,1-3H3,(H2,19,21,22). The summed E-state index contributed by atoms with van der Waals surface area (Å²) in [4.78, 5) is 8.75. The summed E-state index contributed by atoms with van der Waals surface area (Å²) in [5.41, 5.74) is 1.69. The predicted octanol–water partition coefficient (Wildman–Crippen LogP) is 1.24. The third-order valence-corrected chi connectivity index (χ3v) is 5.72. The Balaban J connectivity index is 1.97. The summed E-state index contributed by atoms with van der Waals surface area (Å²) in [7, 11) is 1.24. The minimum Gasteiger partial charge on any atom is -0.356 e. The zero-order valence-electron chi connectivity index (χ0n) is 15.3. The van der Waals surface area contributed by atoms with Crippen molar-refractivity contribution in [3.05, 3.63) is 59.9 Å². The van der Waals surface area contributed by atoms with E-state index < -0.39 is 10.0 Å². The third-order valence-electron chi connectivity index (χ3n) is 3.80. The van der Waals surface area contributed by atoms with Gasteiger partial charge in [0.05, 0.1) is 4.90 Å². The van der Waals surface area contributed by atoms with E-state index in [1.54, 1.807) is 31.4 Å². The number of hydrogen-bond donors (Lipinski definition) is 2. The van der Waals surface area contributed by atoms with Crippen molar-refractivity contribution in [2.45, 2.75) is 17.9 Å². The van der Waals surface area contributed by atoms with Crippen molar-refractivity contribution in [3.63, 3.8) is 0 Å². The Hall–Kier alpha value is -2.45. The summed E-state index contributed by atoms with van der Waals surface area (Å²) in [5.74, 6) is 0.609. The Labute approximate surface area is 155 Å². The normalized spacial score (nSPS) is 12.2. The third kappa shape index (κ3) is 5.27. The van der Waals surface area contributed by atoms with Gasteiger partial charge in [-0.15, -0.1) is 0 Å². The Morgan fingerprint density at radius 3 is 2.50 bits per heavy atom. The van der Waals surface area contributed by atoms with E-state index in [1.807, 2.05) is 24.3 Å². The first-order valence-electron chi connectivity index (χ1n) is 8.30. The summed E-state index contributed by atoms with van der Waals surface area (Å²) in [6, 6.07) is 12.8. The predicted molar refractivity (Wildman–Crippen MR) is 103 cm³/mol. The molecule has 0 aliphatic carbocycles. The highest BCUT2D eigenvalue weighted by atomic mass is 32.2. The summed E-state index contributed by atoms with van der Waals surface area (Å²) in [5, 5.41) is 6.37. The molecular weight excluding hydrogens is 350 g/mol. The molecule has 140 valence electrons. The zero-order valence-corrected chi connectivity index (χ0v) is 16.1. The smallest absolute Gasteiger partial charge is 0.242 e. The molecule has 2 aromatic rings. The number of nitrogens with one attached hydrogen (secondary N) is 2. The first kappa shape index (κ1) is 19.9. The quantitative estimate of drug-likeness (QED) is 0.562. The Kier molecular flexibility index (Phi) is 7.11. The van der Waals surface area contributed by atoms with Crippen molar-refractivity contribution in [1.29, 1.82) is 0 Å². The SMILES string of the molecule is CN=C(NCCc1ccccn1)NCc1ccccc1S(=O)(=O)N(C)C. The number of sulfonamides is 1. The van der Waals surface area contributed by atoms with Gasteiger partial charge in [-0.25, -0.2) is 12.7 Å². The molecule has 0 amide bonds. The van der Waals surface area contributed by atoms with Crippen LogP contribution in [0.1, 0.15) is 11.3 Å². The highest BCUT2D eigenvalue weighted by molar-refractivity contribution is 7.89. The van der Waals surface area contributed by atoms with Gasteiger partial charge in [-0.3, -0.25) is 9.98 Å². The fourth-order valence-electron chi connectivity index (χ4n) is 2.35. The van der Waals surface area contributed by atoms with E-state index in [4.69, 9.17) is 0 Å². The second kappa shape index (κ2) is 9.30. The Morgan fingerprint density at radius 2 is 1.85 bits per heavy atom. The van der Waals surface area contributed by atoms with Crippen molar-refractivity contribution in [3.8, 4) is 0 Å². The van der Waals surface area contributed by atoms with Crippen LogP contribution in [0.2, 0.25) is 0 Å². The van der Waals surface area contributed by atoms with Crippen LogP contribution < -0.4 is 10.6 Å².